The van der Waals surface area contributed by atoms with Gasteiger partial charge in [0.1, 0.15) is 10.1 Å². The fraction of sp³-hybridized carbons (Fsp3) is 0.375. The van der Waals surface area contributed by atoms with Gasteiger partial charge >= 0.3 is 0 Å². The highest BCUT2D eigenvalue weighted by Gasteiger charge is 2.33. The van der Waals surface area contributed by atoms with Gasteiger partial charge in [0.2, 0.25) is 0 Å². The third-order valence-corrected chi connectivity index (χ3v) is 5.21. The van der Waals surface area contributed by atoms with E-state index in [1.165, 1.54) is 43.2 Å². The molecule has 3 nitrogen and oxygen atoms in total. The molecule has 1 amide bonds. The van der Waals surface area contributed by atoms with Crippen molar-refractivity contribution in [1.82, 2.24) is 9.80 Å². The lowest BCUT2D eigenvalue weighted by Gasteiger charge is -2.29. The minimum absolute atomic E-state index is 0.0510. The number of thioether (sulfide) groups is 1. The molecule has 2 aliphatic heterocycles. The van der Waals surface area contributed by atoms with Crippen molar-refractivity contribution in [3.8, 4) is 0 Å². The third kappa shape index (κ3) is 3.56. The van der Waals surface area contributed by atoms with Crippen molar-refractivity contribution in [2.24, 2.45) is 0 Å². The number of rotatable bonds is 3. The van der Waals surface area contributed by atoms with Crippen molar-refractivity contribution in [2.75, 3.05) is 19.8 Å². The number of benzene rings is 1. The Morgan fingerprint density at radius 3 is 2.55 bits per heavy atom. The summed E-state index contributed by atoms with van der Waals surface area (Å²) < 4.78 is 13.5. The summed E-state index contributed by atoms with van der Waals surface area (Å²) in [4.78, 5) is 17.1. The fourth-order valence-electron chi connectivity index (χ4n) is 2.63. The maximum absolute atomic E-state index is 12.9. The van der Waals surface area contributed by atoms with E-state index in [0.29, 0.717) is 15.9 Å². The predicted octanol–water partition coefficient (Wildman–Crippen LogP) is 3.47. The van der Waals surface area contributed by atoms with Crippen molar-refractivity contribution in [3.63, 3.8) is 0 Å². The Hall–Kier alpha value is -1.24. The predicted molar refractivity (Wildman–Crippen MR) is 91.7 cm³/mol. The van der Waals surface area contributed by atoms with Gasteiger partial charge in [0.05, 0.1) is 11.6 Å². The van der Waals surface area contributed by atoms with Gasteiger partial charge in [-0.1, -0.05) is 42.5 Å². The molecule has 6 heteroatoms. The molecule has 0 radical (unpaired) electrons. The first-order valence-electron chi connectivity index (χ1n) is 7.37. The maximum Gasteiger partial charge on any atom is 0.267 e. The van der Waals surface area contributed by atoms with E-state index in [1.54, 1.807) is 23.1 Å². The molecule has 0 bridgehead atoms. The van der Waals surface area contributed by atoms with Crippen LogP contribution >= 0.6 is 24.0 Å². The second-order valence-electron chi connectivity index (χ2n) is 5.48. The second-order valence-corrected chi connectivity index (χ2v) is 7.16. The van der Waals surface area contributed by atoms with E-state index < -0.39 is 0 Å². The smallest absolute Gasteiger partial charge is 0.267 e. The van der Waals surface area contributed by atoms with Gasteiger partial charge in [-0.25, -0.2) is 4.39 Å². The Kier molecular flexibility index (Phi) is 4.90. The molecule has 1 aromatic rings. The van der Waals surface area contributed by atoms with E-state index in [2.05, 4.69) is 4.90 Å². The van der Waals surface area contributed by atoms with Gasteiger partial charge in [0.25, 0.3) is 5.91 Å². The Morgan fingerprint density at radius 1 is 1.18 bits per heavy atom. The van der Waals surface area contributed by atoms with Crippen molar-refractivity contribution < 1.29 is 9.18 Å². The molecule has 0 aliphatic carbocycles. The lowest BCUT2D eigenvalue weighted by molar-refractivity contribution is -0.123. The van der Waals surface area contributed by atoms with Crippen molar-refractivity contribution >= 4 is 40.3 Å². The first-order chi connectivity index (χ1) is 10.6. The van der Waals surface area contributed by atoms with Gasteiger partial charge in [0, 0.05) is 0 Å². The van der Waals surface area contributed by atoms with Crippen LogP contribution in [-0.4, -0.2) is 39.8 Å². The summed E-state index contributed by atoms with van der Waals surface area (Å²) in [5, 5.41) is 0. The zero-order chi connectivity index (χ0) is 15.5. The topological polar surface area (TPSA) is 23.6 Å². The number of hydrogen-bond donors (Lipinski definition) is 0. The molecule has 0 atom stereocenters. The summed E-state index contributed by atoms with van der Waals surface area (Å²) in [7, 11) is 0. The second kappa shape index (κ2) is 6.89. The van der Waals surface area contributed by atoms with Gasteiger partial charge in [-0.05, 0) is 49.7 Å². The number of amides is 1. The molecule has 0 N–H and O–H groups in total. The van der Waals surface area contributed by atoms with E-state index in [4.69, 9.17) is 12.2 Å². The number of hydrogen-bond acceptors (Lipinski definition) is 4. The number of thiocarbonyl (C=S) groups is 1. The quantitative estimate of drug-likeness (QED) is 0.623. The summed E-state index contributed by atoms with van der Waals surface area (Å²) in [6.07, 6.45) is 5.40. The summed E-state index contributed by atoms with van der Waals surface area (Å²) in [5.41, 5.74) is 0.805. The highest BCUT2D eigenvalue weighted by Crippen LogP contribution is 2.32. The monoisotopic (exact) mass is 336 g/mol. The highest BCUT2D eigenvalue weighted by atomic mass is 32.2. The number of carbonyl (C=O) groups excluding carboxylic acids is 1. The lowest BCUT2D eigenvalue weighted by atomic mass is 10.1. The lowest BCUT2D eigenvalue weighted by Crippen LogP contribution is -2.42. The summed E-state index contributed by atoms with van der Waals surface area (Å²) in [6, 6.07) is 6.10. The molecule has 2 fully saturated rings. The molecule has 1 aromatic carbocycles. The van der Waals surface area contributed by atoms with Crippen LogP contribution in [0.4, 0.5) is 4.39 Å². The van der Waals surface area contributed by atoms with Crippen LogP contribution in [0.1, 0.15) is 24.8 Å². The van der Waals surface area contributed by atoms with Crippen LogP contribution in [0.5, 0.6) is 0 Å². The zero-order valence-electron chi connectivity index (χ0n) is 12.1. The van der Waals surface area contributed by atoms with E-state index in [0.717, 1.165) is 18.7 Å². The Bertz CT molecular complexity index is 609. The minimum Gasteiger partial charge on any atom is -0.286 e. The van der Waals surface area contributed by atoms with E-state index in [1.807, 2.05) is 0 Å². The molecule has 116 valence electrons. The molecular formula is C16H17FN2OS2. The van der Waals surface area contributed by atoms with Crippen molar-refractivity contribution in [3.05, 3.63) is 40.6 Å². The average molecular weight is 336 g/mol. The number of carbonyl (C=O) groups is 1. The molecular weight excluding hydrogens is 319 g/mol. The first-order valence-corrected chi connectivity index (χ1v) is 8.59. The van der Waals surface area contributed by atoms with E-state index in [9.17, 15) is 9.18 Å². The Labute approximate surface area is 139 Å². The van der Waals surface area contributed by atoms with Crippen LogP contribution in [-0.2, 0) is 4.79 Å². The van der Waals surface area contributed by atoms with Crippen LogP contribution in [0.3, 0.4) is 0 Å². The highest BCUT2D eigenvalue weighted by molar-refractivity contribution is 8.26. The molecule has 0 saturated carbocycles. The summed E-state index contributed by atoms with van der Waals surface area (Å²) in [6.45, 7) is 2.62. The van der Waals surface area contributed by atoms with Gasteiger partial charge < -0.3 is 0 Å². The fourth-order valence-corrected chi connectivity index (χ4v) is 3.87. The van der Waals surface area contributed by atoms with Crippen LogP contribution in [0, 0.1) is 5.82 Å². The molecule has 2 aliphatic rings. The summed E-state index contributed by atoms with van der Waals surface area (Å²) >= 11 is 6.66. The number of halogens is 1. The van der Waals surface area contributed by atoms with Crippen molar-refractivity contribution in [1.29, 1.82) is 0 Å². The molecule has 2 saturated heterocycles. The summed E-state index contributed by atoms with van der Waals surface area (Å²) in [5.74, 6) is -0.334. The Balaban J connectivity index is 1.71. The number of likely N-dealkylation sites (tertiary alicyclic amines) is 1. The number of piperidine rings is 1. The molecule has 0 aromatic heterocycles. The van der Waals surface area contributed by atoms with E-state index >= 15 is 0 Å². The standard InChI is InChI=1S/C16H17FN2OS2/c17-13-6-4-12(5-7-13)10-14-15(20)19(16(21)22-14)11-18-8-2-1-3-9-18/h4-7,10H,1-3,8-9,11H2. The first kappa shape index (κ1) is 15.6. The van der Waals surface area contributed by atoms with Gasteiger partial charge in [0.15, 0.2) is 0 Å². The van der Waals surface area contributed by atoms with Crippen LogP contribution in [0.2, 0.25) is 0 Å². The SMILES string of the molecule is O=C1C(=Cc2ccc(F)cc2)SC(=S)N1CN1CCCCC1. The van der Waals surface area contributed by atoms with Crippen molar-refractivity contribution in [2.45, 2.75) is 19.3 Å². The number of nitrogens with zero attached hydrogens (tertiary/aromatic N) is 2. The van der Waals surface area contributed by atoms with Gasteiger partial charge in [-0.3, -0.25) is 14.6 Å². The molecule has 2 heterocycles. The maximum atomic E-state index is 12.9. The Morgan fingerprint density at radius 2 is 1.86 bits per heavy atom. The van der Waals surface area contributed by atoms with Gasteiger partial charge in [-0.15, -0.1) is 0 Å². The molecule has 3 rings (SSSR count). The van der Waals surface area contributed by atoms with E-state index in [-0.39, 0.29) is 11.7 Å². The van der Waals surface area contributed by atoms with Crippen LogP contribution in [0.25, 0.3) is 6.08 Å². The third-order valence-electron chi connectivity index (χ3n) is 3.83. The van der Waals surface area contributed by atoms with Crippen LogP contribution in [0.15, 0.2) is 29.2 Å². The normalized spacial score (nSPS) is 21.9. The van der Waals surface area contributed by atoms with Gasteiger partial charge in [-0.2, -0.15) is 0 Å². The molecule has 22 heavy (non-hydrogen) atoms. The molecule has 0 unspecified atom stereocenters. The molecule has 0 spiro atoms. The average Bonchev–Trinajstić information content (AvgIpc) is 2.78. The zero-order valence-corrected chi connectivity index (χ0v) is 13.8. The van der Waals surface area contributed by atoms with Crippen LogP contribution < -0.4 is 0 Å². The minimum atomic E-state index is -0.283. The largest absolute Gasteiger partial charge is 0.286 e.